The first-order valence-electron chi connectivity index (χ1n) is 6.85. The molecule has 1 unspecified atom stereocenters. The Hall–Kier alpha value is -1.18. The number of hydrogen-bond acceptors (Lipinski definition) is 7. The van der Waals surface area contributed by atoms with E-state index in [2.05, 4.69) is 25.2 Å². The lowest BCUT2D eigenvalue weighted by atomic mass is 10.0. The topological polar surface area (TPSA) is 83.4 Å². The van der Waals surface area contributed by atoms with Crippen molar-refractivity contribution in [1.29, 1.82) is 0 Å². The molecule has 3 rings (SSSR count). The smallest absolute Gasteiger partial charge is 0.231 e. The van der Waals surface area contributed by atoms with Crippen molar-refractivity contribution in [2.75, 3.05) is 43.1 Å². The van der Waals surface area contributed by atoms with E-state index in [-0.39, 0.29) is 5.28 Å². The molecule has 0 bridgehead atoms. The molecule has 1 aromatic rings. The van der Waals surface area contributed by atoms with Gasteiger partial charge >= 0.3 is 0 Å². The van der Waals surface area contributed by atoms with Crippen molar-refractivity contribution in [3.8, 4) is 0 Å². The van der Waals surface area contributed by atoms with Crippen LogP contribution >= 0.6 is 11.6 Å². The van der Waals surface area contributed by atoms with Gasteiger partial charge in [-0.05, 0) is 24.4 Å². The average molecular weight is 300 g/mol. The second-order valence-electron chi connectivity index (χ2n) is 5.30. The highest BCUT2D eigenvalue weighted by atomic mass is 35.5. The molecule has 3 heterocycles. The van der Waals surface area contributed by atoms with Crippen LogP contribution in [0, 0.1) is 0 Å². The van der Waals surface area contributed by atoms with Crippen LogP contribution in [-0.2, 0) is 4.74 Å². The molecule has 2 fully saturated rings. The number of nitrogens with zero attached hydrogens (tertiary/aromatic N) is 4. The lowest BCUT2D eigenvalue weighted by Crippen LogP contribution is -2.37. The largest absolute Gasteiger partial charge is 0.386 e. The summed E-state index contributed by atoms with van der Waals surface area (Å²) < 4.78 is 5.20. The van der Waals surface area contributed by atoms with E-state index >= 15 is 0 Å². The lowest BCUT2D eigenvalue weighted by Gasteiger charge is -2.21. The van der Waals surface area contributed by atoms with Crippen molar-refractivity contribution < 1.29 is 9.84 Å². The standard InChI is InChI=1S/C12H18ClN5O2/c13-9-15-10(14-7-12(19)3-6-20-8-12)17-11(16-9)18-4-1-2-5-18/h19H,1-8H2,(H,14,15,16,17). The number of aromatic nitrogens is 3. The maximum absolute atomic E-state index is 10.2. The fourth-order valence-corrected chi connectivity index (χ4v) is 2.61. The van der Waals surface area contributed by atoms with Gasteiger partial charge in [0.1, 0.15) is 5.60 Å². The molecule has 1 aromatic heterocycles. The SMILES string of the molecule is OC1(CNc2nc(Cl)nc(N3CCCC3)n2)CCOC1. The summed E-state index contributed by atoms with van der Waals surface area (Å²) in [5, 5.41) is 13.4. The van der Waals surface area contributed by atoms with Gasteiger partial charge < -0.3 is 20.1 Å². The van der Waals surface area contributed by atoms with E-state index in [0.29, 0.717) is 38.1 Å². The zero-order valence-electron chi connectivity index (χ0n) is 11.2. The summed E-state index contributed by atoms with van der Waals surface area (Å²) in [6, 6.07) is 0. The second kappa shape index (κ2) is 5.67. The molecule has 0 radical (unpaired) electrons. The molecule has 0 aromatic carbocycles. The van der Waals surface area contributed by atoms with Gasteiger partial charge in [0.15, 0.2) is 0 Å². The van der Waals surface area contributed by atoms with Crippen LogP contribution in [0.25, 0.3) is 0 Å². The Labute approximate surface area is 122 Å². The quantitative estimate of drug-likeness (QED) is 0.846. The van der Waals surface area contributed by atoms with Crippen LogP contribution in [0.1, 0.15) is 19.3 Å². The Balaban J connectivity index is 1.69. The van der Waals surface area contributed by atoms with Crippen LogP contribution in [-0.4, -0.2) is 58.5 Å². The normalized spacial score (nSPS) is 26.2. The Bertz CT molecular complexity index is 475. The van der Waals surface area contributed by atoms with Crippen molar-refractivity contribution in [2.24, 2.45) is 0 Å². The number of ether oxygens (including phenoxy) is 1. The third-order valence-corrected chi connectivity index (χ3v) is 3.81. The van der Waals surface area contributed by atoms with Crippen molar-refractivity contribution in [2.45, 2.75) is 24.9 Å². The summed E-state index contributed by atoms with van der Waals surface area (Å²) in [5.74, 6) is 0.992. The number of hydrogen-bond donors (Lipinski definition) is 2. The fraction of sp³-hybridized carbons (Fsp3) is 0.750. The maximum atomic E-state index is 10.2. The van der Waals surface area contributed by atoms with Gasteiger partial charge in [0.25, 0.3) is 0 Å². The van der Waals surface area contributed by atoms with Gasteiger partial charge in [-0.2, -0.15) is 15.0 Å². The highest BCUT2D eigenvalue weighted by molar-refractivity contribution is 6.28. The summed E-state index contributed by atoms with van der Waals surface area (Å²) in [6.45, 7) is 3.13. The fourth-order valence-electron chi connectivity index (χ4n) is 2.46. The van der Waals surface area contributed by atoms with Crippen LogP contribution in [0.4, 0.5) is 11.9 Å². The molecule has 0 saturated carbocycles. The van der Waals surface area contributed by atoms with Gasteiger partial charge in [0, 0.05) is 32.7 Å². The average Bonchev–Trinajstić information content (AvgIpc) is 3.08. The molecule has 2 aliphatic heterocycles. The number of nitrogens with one attached hydrogen (secondary N) is 1. The van der Waals surface area contributed by atoms with E-state index < -0.39 is 5.60 Å². The monoisotopic (exact) mass is 299 g/mol. The predicted octanol–water partition coefficient (Wildman–Crippen LogP) is 0.688. The molecule has 20 heavy (non-hydrogen) atoms. The molecular formula is C12H18ClN5O2. The second-order valence-corrected chi connectivity index (χ2v) is 5.64. The van der Waals surface area contributed by atoms with Gasteiger partial charge in [-0.3, -0.25) is 0 Å². The van der Waals surface area contributed by atoms with Crippen LogP contribution in [0.5, 0.6) is 0 Å². The molecule has 1 atom stereocenters. The Morgan fingerprint density at radius 1 is 1.30 bits per heavy atom. The van der Waals surface area contributed by atoms with E-state index in [9.17, 15) is 5.11 Å². The zero-order chi connectivity index (χ0) is 14.0. The summed E-state index contributed by atoms with van der Waals surface area (Å²) in [5.41, 5.74) is -0.854. The third-order valence-electron chi connectivity index (χ3n) is 3.64. The van der Waals surface area contributed by atoms with Gasteiger partial charge in [-0.25, -0.2) is 0 Å². The highest BCUT2D eigenvalue weighted by Gasteiger charge is 2.32. The minimum absolute atomic E-state index is 0.166. The van der Waals surface area contributed by atoms with E-state index in [1.54, 1.807) is 0 Å². The van der Waals surface area contributed by atoms with E-state index in [4.69, 9.17) is 16.3 Å². The molecule has 2 saturated heterocycles. The minimum Gasteiger partial charge on any atom is -0.386 e. The highest BCUT2D eigenvalue weighted by Crippen LogP contribution is 2.21. The first-order valence-corrected chi connectivity index (χ1v) is 7.23. The number of anilines is 2. The number of aliphatic hydroxyl groups is 1. The number of rotatable bonds is 4. The third kappa shape index (κ3) is 3.11. The predicted molar refractivity (Wildman–Crippen MR) is 75.2 cm³/mol. The van der Waals surface area contributed by atoms with E-state index in [1.807, 2.05) is 0 Å². The van der Waals surface area contributed by atoms with E-state index in [0.717, 1.165) is 25.9 Å². The lowest BCUT2D eigenvalue weighted by molar-refractivity contribution is 0.0380. The molecule has 7 nitrogen and oxygen atoms in total. The van der Waals surface area contributed by atoms with E-state index in [1.165, 1.54) is 0 Å². The minimum atomic E-state index is -0.854. The molecule has 2 N–H and O–H groups in total. The molecule has 8 heteroatoms. The summed E-state index contributed by atoms with van der Waals surface area (Å²) >= 11 is 5.94. The first kappa shape index (κ1) is 13.8. The van der Waals surface area contributed by atoms with Crippen LogP contribution in [0.3, 0.4) is 0 Å². The Morgan fingerprint density at radius 2 is 2.10 bits per heavy atom. The van der Waals surface area contributed by atoms with Crippen molar-refractivity contribution in [1.82, 2.24) is 15.0 Å². The Morgan fingerprint density at radius 3 is 2.80 bits per heavy atom. The summed E-state index contributed by atoms with van der Waals surface area (Å²) in [7, 11) is 0. The maximum Gasteiger partial charge on any atom is 0.231 e. The molecule has 0 aliphatic carbocycles. The van der Waals surface area contributed by atoms with Gasteiger partial charge in [0.2, 0.25) is 17.2 Å². The van der Waals surface area contributed by atoms with Gasteiger partial charge in [-0.1, -0.05) is 0 Å². The van der Waals surface area contributed by atoms with Crippen LogP contribution in [0.2, 0.25) is 5.28 Å². The summed E-state index contributed by atoms with van der Waals surface area (Å²) in [6.07, 6.45) is 2.89. The first-order chi connectivity index (χ1) is 9.65. The Kier molecular flexibility index (Phi) is 3.91. The molecule has 2 aliphatic rings. The molecular weight excluding hydrogens is 282 g/mol. The van der Waals surface area contributed by atoms with Crippen LogP contribution in [0.15, 0.2) is 0 Å². The molecule has 110 valence electrons. The molecule has 0 spiro atoms. The van der Waals surface area contributed by atoms with Crippen molar-refractivity contribution in [3.63, 3.8) is 0 Å². The van der Waals surface area contributed by atoms with Crippen molar-refractivity contribution in [3.05, 3.63) is 5.28 Å². The van der Waals surface area contributed by atoms with Gasteiger partial charge in [-0.15, -0.1) is 0 Å². The molecule has 0 amide bonds. The van der Waals surface area contributed by atoms with Crippen molar-refractivity contribution >= 4 is 23.5 Å². The van der Waals surface area contributed by atoms with Crippen LogP contribution < -0.4 is 10.2 Å². The summed E-state index contributed by atoms with van der Waals surface area (Å²) in [4.78, 5) is 14.7. The zero-order valence-corrected chi connectivity index (χ0v) is 11.9. The van der Waals surface area contributed by atoms with Gasteiger partial charge in [0.05, 0.1) is 6.61 Å². The number of halogens is 1.